The summed E-state index contributed by atoms with van der Waals surface area (Å²) in [4.78, 5) is 14.7. The molecule has 3 nitrogen and oxygen atoms in total. The molecule has 0 saturated heterocycles. The summed E-state index contributed by atoms with van der Waals surface area (Å²) in [5.74, 6) is -0.213. The van der Waals surface area contributed by atoms with Gasteiger partial charge in [-0.2, -0.15) is 0 Å². The van der Waals surface area contributed by atoms with Crippen LogP contribution in [0.2, 0.25) is 0 Å². The minimum atomic E-state index is -0.298. The Balaban J connectivity index is 1.90. The summed E-state index contributed by atoms with van der Waals surface area (Å²) in [6.07, 6.45) is 6.56. The van der Waals surface area contributed by atoms with Gasteiger partial charge in [0.25, 0.3) is 0 Å². The van der Waals surface area contributed by atoms with Crippen LogP contribution in [0.4, 0.5) is 4.39 Å². The van der Waals surface area contributed by atoms with Gasteiger partial charge in [-0.25, -0.2) is 4.39 Å². The van der Waals surface area contributed by atoms with Crippen LogP contribution in [0.5, 0.6) is 5.75 Å². The van der Waals surface area contributed by atoms with Crippen molar-refractivity contribution in [1.29, 1.82) is 0 Å². The van der Waals surface area contributed by atoms with Crippen LogP contribution < -0.4 is 0 Å². The van der Waals surface area contributed by atoms with Crippen LogP contribution in [0.15, 0.2) is 64.8 Å². The molecule has 1 amide bonds. The van der Waals surface area contributed by atoms with Gasteiger partial charge >= 0.3 is 0 Å². The molecule has 1 atom stereocenters. The van der Waals surface area contributed by atoms with Crippen molar-refractivity contribution in [3.63, 3.8) is 0 Å². The van der Waals surface area contributed by atoms with Gasteiger partial charge < -0.3 is 10.0 Å². The molecular weight excluding hydrogens is 409 g/mol. The second kappa shape index (κ2) is 8.09. The number of aromatic hydroxyl groups is 1. The summed E-state index contributed by atoms with van der Waals surface area (Å²) >= 11 is 3.47. The molecule has 0 saturated carbocycles. The summed E-state index contributed by atoms with van der Waals surface area (Å²) < 4.78 is 14.1. The molecule has 1 unspecified atom stereocenters. The predicted octanol–water partition coefficient (Wildman–Crippen LogP) is 5.58. The Labute approximate surface area is 167 Å². The van der Waals surface area contributed by atoms with Gasteiger partial charge in [0.05, 0.1) is 12.5 Å². The molecule has 3 rings (SSSR count). The molecule has 1 aliphatic heterocycles. The number of allylic oxidation sites excluding steroid dienone is 2. The highest BCUT2D eigenvalue weighted by atomic mass is 79.9. The van der Waals surface area contributed by atoms with E-state index in [1.807, 2.05) is 26.0 Å². The molecule has 1 aliphatic rings. The molecular formula is C22H21BrFNO2. The quantitative estimate of drug-likeness (QED) is 0.691. The second-order valence-electron chi connectivity index (χ2n) is 6.66. The third kappa shape index (κ3) is 4.30. The average molecular weight is 430 g/mol. The van der Waals surface area contributed by atoms with Gasteiger partial charge in [0.15, 0.2) is 0 Å². The Morgan fingerprint density at radius 1 is 1.33 bits per heavy atom. The number of carbonyl (C=O) groups is 1. The lowest BCUT2D eigenvalue weighted by atomic mass is 9.94. The number of hydrogen-bond acceptors (Lipinski definition) is 2. The standard InChI is InChI=1S/C22H21BrFNO2/c1-3-15-8-9-25(20(11-15)16-4-6-18(24)7-5-16)22(27)13-17-12-21(26)14(2)10-19(17)23/h3-10,12,20,26H,11,13H2,1-2H3/b15-3+. The lowest BCUT2D eigenvalue weighted by Crippen LogP contribution is -2.33. The third-order valence-electron chi connectivity index (χ3n) is 4.83. The zero-order valence-electron chi connectivity index (χ0n) is 15.2. The number of nitrogens with zero attached hydrogens (tertiary/aromatic N) is 1. The van der Waals surface area contributed by atoms with E-state index in [0.717, 1.165) is 26.7 Å². The number of phenols is 1. The fraction of sp³-hybridized carbons (Fsp3) is 0.227. The van der Waals surface area contributed by atoms with Crippen LogP contribution in [-0.4, -0.2) is 15.9 Å². The van der Waals surface area contributed by atoms with Crippen molar-refractivity contribution in [3.8, 4) is 5.75 Å². The molecule has 0 aromatic heterocycles. The van der Waals surface area contributed by atoms with Gasteiger partial charge in [-0.1, -0.05) is 34.1 Å². The first kappa shape index (κ1) is 19.4. The van der Waals surface area contributed by atoms with Crippen molar-refractivity contribution in [2.75, 3.05) is 0 Å². The molecule has 140 valence electrons. The minimum Gasteiger partial charge on any atom is -0.508 e. The largest absolute Gasteiger partial charge is 0.508 e. The van der Waals surface area contributed by atoms with Crippen molar-refractivity contribution >= 4 is 21.8 Å². The van der Waals surface area contributed by atoms with E-state index in [1.54, 1.807) is 35.4 Å². The Morgan fingerprint density at radius 2 is 2.04 bits per heavy atom. The Kier molecular flexibility index (Phi) is 5.80. The van der Waals surface area contributed by atoms with E-state index in [0.29, 0.717) is 6.42 Å². The van der Waals surface area contributed by atoms with Crippen molar-refractivity contribution in [2.45, 2.75) is 32.7 Å². The maximum atomic E-state index is 13.3. The minimum absolute atomic E-state index is 0.0836. The highest BCUT2D eigenvalue weighted by Gasteiger charge is 2.27. The summed E-state index contributed by atoms with van der Waals surface area (Å²) in [5, 5.41) is 9.97. The van der Waals surface area contributed by atoms with Gasteiger partial charge in [-0.05, 0) is 72.9 Å². The van der Waals surface area contributed by atoms with E-state index in [9.17, 15) is 14.3 Å². The number of hydrogen-bond donors (Lipinski definition) is 1. The van der Waals surface area contributed by atoms with Crippen molar-refractivity contribution in [3.05, 3.63) is 87.3 Å². The Bertz CT molecular complexity index is 919. The lowest BCUT2D eigenvalue weighted by Gasteiger charge is -2.33. The number of amides is 1. The van der Waals surface area contributed by atoms with E-state index < -0.39 is 0 Å². The molecule has 2 aromatic carbocycles. The van der Waals surface area contributed by atoms with E-state index in [-0.39, 0.29) is 29.9 Å². The van der Waals surface area contributed by atoms with Crippen LogP contribution in [0, 0.1) is 12.7 Å². The molecule has 0 spiro atoms. The molecule has 0 aliphatic carbocycles. The van der Waals surface area contributed by atoms with Crippen LogP contribution in [-0.2, 0) is 11.2 Å². The smallest absolute Gasteiger partial charge is 0.231 e. The molecule has 0 fully saturated rings. The SMILES string of the molecule is C/C=C1\C=CN(C(=O)Cc2cc(O)c(C)cc2Br)C(c2ccc(F)cc2)C1. The second-order valence-corrected chi connectivity index (χ2v) is 7.51. The molecule has 27 heavy (non-hydrogen) atoms. The van der Waals surface area contributed by atoms with E-state index in [1.165, 1.54) is 12.1 Å². The first-order valence-corrected chi connectivity index (χ1v) is 9.56. The monoisotopic (exact) mass is 429 g/mol. The zero-order chi connectivity index (χ0) is 19.6. The molecule has 1 heterocycles. The topological polar surface area (TPSA) is 40.5 Å². The summed E-state index contributed by atoms with van der Waals surface area (Å²) in [6.45, 7) is 3.77. The number of rotatable bonds is 3. The molecule has 1 N–H and O–H groups in total. The first-order valence-electron chi connectivity index (χ1n) is 8.77. The number of halogens is 2. The first-order chi connectivity index (χ1) is 12.9. The zero-order valence-corrected chi connectivity index (χ0v) is 16.8. The fourth-order valence-corrected chi connectivity index (χ4v) is 3.80. The number of phenolic OH excluding ortho intramolecular Hbond substituents is 1. The van der Waals surface area contributed by atoms with Crippen LogP contribution >= 0.6 is 15.9 Å². The summed E-state index contributed by atoms with van der Waals surface area (Å²) in [6, 6.07) is 9.52. The van der Waals surface area contributed by atoms with Crippen LogP contribution in [0.3, 0.4) is 0 Å². The molecule has 0 radical (unpaired) electrons. The van der Waals surface area contributed by atoms with Gasteiger partial charge in [-0.15, -0.1) is 0 Å². The highest BCUT2D eigenvalue weighted by Crippen LogP contribution is 2.34. The third-order valence-corrected chi connectivity index (χ3v) is 5.57. The van der Waals surface area contributed by atoms with Gasteiger partial charge in [0, 0.05) is 10.7 Å². The normalized spacial score (nSPS) is 18.1. The number of benzene rings is 2. The Morgan fingerprint density at radius 3 is 2.70 bits per heavy atom. The summed E-state index contributed by atoms with van der Waals surface area (Å²) in [5.41, 5.74) is 3.49. The van der Waals surface area contributed by atoms with Gasteiger partial charge in [-0.3, -0.25) is 4.79 Å². The van der Waals surface area contributed by atoms with E-state index in [4.69, 9.17) is 0 Å². The summed E-state index contributed by atoms with van der Waals surface area (Å²) in [7, 11) is 0. The van der Waals surface area contributed by atoms with Crippen LogP contribution in [0.25, 0.3) is 0 Å². The fourth-order valence-electron chi connectivity index (χ4n) is 3.20. The van der Waals surface area contributed by atoms with Crippen LogP contribution in [0.1, 0.15) is 36.1 Å². The number of carbonyl (C=O) groups excluding carboxylic acids is 1. The van der Waals surface area contributed by atoms with E-state index >= 15 is 0 Å². The average Bonchev–Trinajstić information content (AvgIpc) is 2.66. The van der Waals surface area contributed by atoms with Crippen molar-refractivity contribution < 1.29 is 14.3 Å². The highest BCUT2D eigenvalue weighted by molar-refractivity contribution is 9.10. The van der Waals surface area contributed by atoms with E-state index in [2.05, 4.69) is 15.9 Å². The molecule has 0 bridgehead atoms. The van der Waals surface area contributed by atoms with Crippen molar-refractivity contribution in [1.82, 2.24) is 4.90 Å². The molecule has 5 heteroatoms. The van der Waals surface area contributed by atoms with Gasteiger partial charge in [0.1, 0.15) is 11.6 Å². The van der Waals surface area contributed by atoms with Gasteiger partial charge in [0.2, 0.25) is 5.91 Å². The predicted molar refractivity (Wildman–Crippen MR) is 108 cm³/mol. The maximum Gasteiger partial charge on any atom is 0.231 e. The lowest BCUT2D eigenvalue weighted by molar-refractivity contribution is -0.130. The number of aryl methyl sites for hydroxylation is 1. The maximum absolute atomic E-state index is 13.3. The van der Waals surface area contributed by atoms with Crippen molar-refractivity contribution in [2.24, 2.45) is 0 Å². The Hall–Kier alpha value is -2.40. The molecule has 2 aromatic rings.